The van der Waals surface area contributed by atoms with Gasteiger partial charge >= 0.3 is 0 Å². The molecule has 0 aliphatic carbocycles. The molecule has 0 aliphatic heterocycles. The molecule has 1 heterocycles. The van der Waals surface area contributed by atoms with Crippen molar-refractivity contribution < 1.29 is 17.2 Å². The van der Waals surface area contributed by atoms with Crippen molar-refractivity contribution in [2.45, 2.75) is 17.9 Å². The summed E-state index contributed by atoms with van der Waals surface area (Å²) in [7, 11) is -2.59. The van der Waals surface area contributed by atoms with Crippen molar-refractivity contribution in [3.8, 4) is 0 Å². The van der Waals surface area contributed by atoms with Gasteiger partial charge < -0.3 is 10.3 Å². The molecule has 3 N–H and O–H groups in total. The third-order valence-electron chi connectivity index (χ3n) is 2.85. The first-order chi connectivity index (χ1) is 9.74. The lowest BCUT2D eigenvalue weighted by atomic mass is 10.3. The van der Waals surface area contributed by atoms with Crippen LogP contribution in [0.5, 0.6) is 0 Å². The maximum Gasteiger partial charge on any atom is 0.244 e. The Labute approximate surface area is 119 Å². The van der Waals surface area contributed by atoms with Crippen LogP contribution < -0.4 is 10.5 Å². The molecule has 1 aromatic heterocycles. The van der Waals surface area contributed by atoms with Gasteiger partial charge in [0.1, 0.15) is 28.6 Å². The number of anilines is 1. The molecule has 0 saturated carbocycles. The molecule has 0 aliphatic rings. The smallest absolute Gasteiger partial charge is 0.244 e. The number of nitrogens with two attached hydrogens (primary N) is 1. The standard InChI is InChI=1S/C11H13F2N5O2S/c1-6(11-16-15-5-18(11)2)17-21(19,20)8-4-3-7(12)10(14)9(8)13/h3-6,17H,14H2,1-2H3. The van der Waals surface area contributed by atoms with Crippen molar-refractivity contribution in [3.05, 3.63) is 35.9 Å². The van der Waals surface area contributed by atoms with E-state index >= 15 is 0 Å². The monoisotopic (exact) mass is 317 g/mol. The Morgan fingerprint density at radius 1 is 1.38 bits per heavy atom. The summed E-state index contributed by atoms with van der Waals surface area (Å²) < 4.78 is 54.9. The van der Waals surface area contributed by atoms with Gasteiger partial charge in [-0.05, 0) is 19.1 Å². The fourth-order valence-corrected chi connectivity index (χ4v) is 3.08. The third-order valence-corrected chi connectivity index (χ3v) is 4.40. The second-order valence-corrected chi connectivity index (χ2v) is 6.10. The Bertz CT molecular complexity index is 775. The Morgan fingerprint density at radius 2 is 2.05 bits per heavy atom. The highest BCUT2D eigenvalue weighted by Crippen LogP contribution is 2.24. The number of hydrogen-bond donors (Lipinski definition) is 2. The SMILES string of the molecule is CC(NS(=O)(=O)c1ccc(F)c(N)c1F)c1nncn1C. The van der Waals surface area contributed by atoms with E-state index in [4.69, 9.17) is 5.73 Å². The summed E-state index contributed by atoms with van der Waals surface area (Å²) in [5.74, 6) is -2.01. The lowest BCUT2D eigenvalue weighted by molar-refractivity contribution is 0.533. The fourth-order valence-electron chi connectivity index (χ4n) is 1.79. The molecule has 1 unspecified atom stereocenters. The Balaban J connectivity index is 2.36. The highest BCUT2D eigenvalue weighted by molar-refractivity contribution is 7.89. The molecule has 1 atom stereocenters. The van der Waals surface area contributed by atoms with Crippen LogP contribution in [0.4, 0.5) is 14.5 Å². The topological polar surface area (TPSA) is 103 Å². The Hall–Kier alpha value is -2.07. The minimum atomic E-state index is -4.23. The highest BCUT2D eigenvalue weighted by Gasteiger charge is 2.26. The average Bonchev–Trinajstić information content (AvgIpc) is 2.81. The molecule has 0 fully saturated rings. The zero-order valence-corrected chi connectivity index (χ0v) is 12.0. The van der Waals surface area contributed by atoms with E-state index in [-0.39, 0.29) is 0 Å². The fraction of sp³-hybridized carbons (Fsp3) is 0.273. The van der Waals surface area contributed by atoms with Gasteiger partial charge in [0.2, 0.25) is 10.0 Å². The maximum absolute atomic E-state index is 13.8. The Kier molecular flexibility index (Phi) is 3.92. The minimum Gasteiger partial charge on any atom is -0.394 e. The van der Waals surface area contributed by atoms with Crippen molar-refractivity contribution >= 4 is 15.7 Å². The van der Waals surface area contributed by atoms with Crippen LogP contribution in [0, 0.1) is 11.6 Å². The highest BCUT2D eigenvalue weighted by atomic mass is 32.2. The molecule has 0 radical (unpaired) electrons. The van der Waals surface area contributed by atoms with E-state index in [9.17, 15) is 17.2 Å². The maximum atomic E-state index is 13.8. The van der Waals surface area contributed by atoms with E-state index in [0.29, 0.717) is 5.82 Å². The molecule has 0 bridgehead atoms. The van der Waals surface area contributed by atoms with E-state index in [0.717, 1.165) is 12.1 Å². The lowest BCUT2D eigenvalue weighted by Gasteiger charge is -2.14. The van der Waals surface area contributed by atoms with Gasteiger partial charge in [0.05, 0.1) is 6.04 Å². The molecular weight excluding hydrogens is 304 g/mol. The van der Waals surface area contributed by atoms with E-state index in [1.54, 1.807) is 7.05 Å². The van der Waals surface area contributed by atoms with E-state index in [2.05, 4.69) is 14.9 Å². The van der Waals surface area contributed by atoms with Gasteiger partial charge in [-0.15, -0.1) is 10.2 Å². The summed E-state index contributed by atoms with van der Waals surface area (Å²) in [5, 5.41) is 7.38. The van der Waals surface area contributed by atoms with E-state index in [1.165, 1.54) is 17.8 Å². The molecule has 2 rings (SSSR count). The molecule has 21 heavy (non-hydrogen) atoms. The molecule has 0 spiro atoms. The van der Waals surface area contributed by atoms with Crippen LogP contribution in [0.2, 0.25) is 0 Å². The first-order valence-corrected chi connectivity index (χ1v) is 7.32. The lowest BCUT2D eigenvalue weighted by Crippen LogP contribution is -2.29. The van der Waals surface area contributed by atoms with Crippen molar-refractivity contribution in [2.24, 2.45) is 7.05 Å². The van der Waals surface area contributed by atoms with Gasteiger partial charge in [-0.3, -0.25) is 0 Å². The third kappa shape index (κ3) is 2.85. The Morgan fingerprint density at radius 3 is 2.62 bits per heavy atom. The summed E-state index contributed by atoms with van der Waals surface area (Å²) in [5.41, 5.74) is 4.32. The van der Waals surface area contributed by atoms with Gasteiger partial charge in [0.15, 0.2) is 5.82 Å². The summed E-state index contributed by atoms with van der Waals surface area (Å²) >= 11 is 0. The average molecular weight is 317 g/mol. The summed E-state index contributed by atoms with van der Waals surface area (Å²) in [6.45, 7) is 1.52. The van der Waals surface area contributed by atoms with Crippen molar-refractivity contribution in [1.82, 2.24) is 19.5 Å². The number of rotatable bonds is 4. The first kappa shape index (κ1) is 15.3. The zero-order chi connectivity index (χ0) is 15.8. The number of nitrogens with one attached hydrogen (secondary N) is 1. The minimum absolute atomic E-state index is 0.342. The molecule has 0 saturated heterocycles. The summed E-state index contributed by atoms with van der Waals surface area (Å²) in [6, 6.07) is 0.848. The van der Waals surface area contributed by atoms with Gasteiger partial charge in [0.25, 0.3) is 0 Å². The molecule has 114 valence electrons. The largest absolute Gasteiger partial charge is 0.394 e. The van der Waals surface area contributed by atoms with Crippen LogP contribution in [0.15, 0.2) is 23.4 Å². The number of aryl methyl sites for hydroxylation is 1. The van der Waals surface area contributed by atoms with Crippen LogP contribution >= 0.6 is 0 Å². The van der Waals surface area contributed by atoms with Gasteiger partial charge in [-0.25, -0.2) is 21.9 Å². The second kappa shape index (κ2) is 5.37. The number of nitrogen functional groups attached to an aromatic ring is 1. The summed E-state index contributed by atoms with van der Waals surface area (Å²) in [4.78, 5) is -0.726. The molecule has 1 aromatic carbocycles. The number of nitrogens with zero attached hydrogens (tertiary/aromatic N) is 3. The predicted octanol–water partition coefficient (Wildman–Crippen LogP) is 0.715. The van der Waals surface area contributed by atoms with Crippen molar-refractivity contribution in [2.75, 3.05) is 5.73 Å². The number of halogens is 2. The predicted molar refractivity (Wildman–Crippen MR) is 70.5 cm³/mol. The van der Waals surface area contributed by atoms with Crippen LogP contribution in [-0.2, 0) is 17.1 Å². The zero-order valence-electron chi connectivity index (χ0n) is 11.2. The van der Waals surface area contributed by atoms with Gasteiger partial charge in [0, 0.05) is 7.05 Å². The molecule has 2 aromatic rings. The number of hydrogen-bond acceptors (Lipinski definition) is 5. The first-order valence-electron chi connectivity index (χ1n) is 5.83. The number of benzene rings is 1. The molecular formula is C11H13F2N5O2S. The molecule has 0 amide bonds. The van der Waals surface area contributed by atoms with Crippen LogP contribution in [0.1, 0.15) is 18.8 Å². The van der Waals surface area contributed by atoms with Crippen LogP contribution in [0.25, 0.3) is 0 Å². The van der Waals surface area contributed by atoms with E-state index < -0.39 is 38.3 Å². The molecule has 10 heteroatoms. The normalized spacial score (nSPS) is 13.3. The summed E-state index contributed by atoms with van der Waals surface area (Å²) in [6.07, 6.45) is 1.40. The van der Waals surface area contributed by atoms with Crippen LogP contribution in [0.3, 0.4) is 0 Å². The second-order valence-electron chi connectivity index (χ2n) is 4.42. The van der Waals surface area contributed by atoms with Gasteiger partial charge in [-0.2, -0.15) is 0 Å². The molecule has 7 nitrogen and oxygen atoms in total. The number of sulfonamides is 1. The number of aromatic nitrogens is 3. The van der Waals surface area contributed by atoms with Gasteiger partial charge in [-0.1, -0.05) is 0 Å². The van der Waals surface area contributed by atoms with Crippen molar-refractivity contribution in [1.29, 1.82) is 0 Å². The van der Waals surface area contributed by atoms with Crippen LogP contribution in [-0.4, -0.2) is 23.2 Å². The van der Waals surface area contributed by atoms with E-state index in [1.807, 2.05) is 0 Å². The van der Waals surface area contributed by atoms with Crippen molar-refractivity contribution in [3.63, 3.8) is 0 Å². The quantitative estimate of drug-likeness (QED) is 0.809.